The summed E-state index contributed by atoms with van der Waals surface area (Å²) in [6.07, 6.45) is 1.79. The summed E-state index contributed by atoms with van der Waals surface area (Å²) < 4.78 is 5.02. The number of nitrogens with one attached hydrogen (secondary N) is 1. The molecule has 110 valence electrons. The first kappa shape index (κ1) is 14.1. The van der Waals surface area contributed by atoms with Gasteiger partial charge in [-0.1, -0.05) is 36.4 Å². The van der Waals surface area contributed by atoms with Gasteiger partial charge >= 0.3 is 5.97 Å². The van der Waals surface area contributed by atoms with E-state index in [4.69, 9.17) is 4.74 Å². The van der Waals surface area contributed by atoms with E-state index in [1.807, 2.05) is 48.5 Å². The van der Waals surface area contributed by atoms with Gasteiger partial charge in [0.1, 0.15) is 5.69 Å². The average Bonchev–Trinajstić information content (AvgIpc) is 2.99. The largest absolute Gasteiger partial charge is 0.461 e. The number of carbonyl (C=O) groups excluding carboxylic acids is 1. The molecule has 0 saturated carbocycles. The standard InChI is InChI=1S/C18H16N2O2/c1-2-22-18(21)16-11-13-7-6-8-14(17(13)20-16)12-19-15-9-4-3-5-10-15/h3-12,20H,2H2,1H3. The Balaban J connectivity index is 1.96. The Kier molecular flexibility index (Phi) is 4.01. The predicted octanol–water partition coefficient (Wildman–Crippen LogP) is 4.10. The third kappa shape index (κ3) is 2.91. The molecule has 0 unspecified atom stereocenters. The van der Waals surface area contributed by atoms with Crippen molar-refractivity contribution >= 4 is 28.8 Å². The highest BCUT2D eigenvalue weighted by molar-refractivity contribution is 6.02. The van der Waals surface area contributed by atoms with Crippen LogP contribution in [0.3, 0.4) is 0 Å². The molecule has 0 saturated heterocycles. The number of benzene rings is 2. The summed E-state index contributed by atoms with van der Waals surface area (Å²) in [4.78, 5) is 19.4. The van der Waals surface area contributed by atoms with Crippen LogP contribution in [0.4, 0.5) is 5.69 Å². The molecule has 1 N–H and O–H groups in total. The van der Waals surface area contributed by atoms with Crippen molar-refractivity contribution in [1.82, 2.24) is 4.98 Å². The average molecular weight is 292 g/mol. The molecule has 22 heavy (non-hydrogen) atoms. The normalized spacial score (nSPS) is 11.1. The maximum atomic E-state index is 11.8. The molecule has 1 aromatic heterocycles. The van der Waals surface area contributed by atoms with E-state index in [-0.39, 0.29) is 5.97 Å². The van der Waals surface area contributed by atoms with E-state index in [0.717, 1.165) is 22.2 Å². The second kappa shape index (κ2) is 6.26. The highest BCUT2D eigenvalue weighted by Gasteiger charge is 2.11. The van der Waals surface area contributed by atoms with Crippen molar-refractivity contribution in [2.45, 2.75) is 6.92 Å². The molecule has 0 atom stereocenters. The van der Waals surface area contributed by atoms with E-state index in [1.165, 1.54) is 0 Å². The molecular weight excluding hydrogens is 276 g/mol. The molecule has 0 spiro atoms. The lowest BCUT2D eigenvalue weighted by molar-refractivity contribution is 0.0520. The zero-order valence-corrected chi connectivity index (χ0v) is 12.2. The maximum absolute atomic E-state index is 11.8. The molecule has 2 aromatic carbocycles. The molecule has 0 radical (unpaired) electrons. The van der Waals surface area contributed by atoms with Crippen molar-refractivity contribution < 1.29 is 9.53 Å². The van der Waals surface area contributed by atoms with E-state index < -0.39 is 0 Å². The summed E-state index contributed by atoms with van der Waals surface area (Å²) in [6, 6.07) is 17.4. The molecule has 3 rings (SSSR count). The van der Waals surface area contributed by atoms with Crippen molar-refractivity contribution in [2.75, 3.05) is 6.61 Å². The molecular formula is C18H16N2O2. The van der Waals surface area contributed by atoms with Crippen LogP contribution in [0.2, 0.25) is 0 Å². The van der Waals surface area contributed by atoms with Crippen LogP contribution in [0.1, 0.15) is 23.0 Å². The van der Waals surface area contributed by atoms with Gasteiger partial charge in [-0.25, -0.2) is 4.79 Å². The summed E-state index contributed by atoms with van der Waals surface area (Å²) in [5.74, 6) is -0.343. The molecule has 0 bridgehead atoms. The zero-order valence-electron chi connectivity index (χ0n) is 12.2. The van der Waals surface area contributed by atoms with E-state index >= 15 is 0 Å². The van der Waals surface area contributed by atoms with Gasteiger partial charge in [-0.3, -0.25) is 4.99 Å². The van der Waals surface area contributed by atoms with Crippen LogP contribution in [0.25, 0.3) is 10.9 Å². The van der Waals surface area contributed by atoms with Gasteiger partial charge < -0.3 is 9.72 Å². The summed E-state index contributed by atoms with van der Waals surface area (Å²) >= 11 is 0. The number of aliphatic imine (C=N–C) groups is 1. The van der Waals surface area contributed by atoms with Gasteiger partial charge in [-0.2, -0.15) is 0 Å². The number of aromatic nitrogens is 1. The van der Waals surface area contributed by atoms with Crippen molar-refractivity contribution in [2.24, 2.45) is 4.99 Å². The highest BCUT2D eigenvalue weighted by Crippen LogP contribution is 2.20. The number of hydrogen-bond donors (Lipinski definition) is 1. The third-order valence-corrected chi connectivity index (χ3v) is 3.29. The first-order valence-electron chi connectivity index (χ1n) is 7.16. The van der Waals surface area contributed by atoms with Crippen LogP contribution in [-0.2, 0) is 4.74 Å². The fourth-order valence-corrected chi connectivity index (χ4v) is 2.26. The fraction of sp³-hybridized carbons (Fsp3) is 0.111. The van der Waals surface area contributed by atoms with Crippen molar-refractivity contribution in [1.29, 1.82) is 0 Å². The van der Waals surface area contributed by atoms with Crippen LogP contribution in [0.15, 0.2) is 59.6 Å². The lowest BCUT2D eigenvalue weighted by Crippen LogP contribution is -2.04. The Morgan fingerprint density at radius 1 is 1.18 bits per heavy atom. The number of fused-ring (bicyclic) bond motifs is 1. The first-order valence-corrected chi connectivity index (χ1v) is 7.16. The Hall–Kier alpha value is -2.88. The number of carbonyl (C=O) groups is 1. The fourth-order valence-electron chi connectivity index (χ4n) is 2.26. The van der Waals surface area contributed by atoms with Gasteiger partial charge in [0.2, 0.25) is 0 Å². The molecule has 0 aliphatic carbocycles. The molecule has 4 nitrogen and oxygen atoms in total. The molecule has 3 aromatic rings. The van der Waals surface area contributed by atoms with E-state index in [2.05, 4.69) is 9.98 Å². The number of hydrogen-bond acceptors (Lipinski definition) is 3. The van der Waals surface area contributed by atoms with Gasteiger partial charge in [-0.05, 0) is 25.1 Å². The minimum Gasteiger partial charge on any atom is -0.461 e. The van der Waals surface area contributed by atoms with E-state index in [1.54, 1.807) is 19.2 Å². The van der Waals surface area contributed by atoms with Gasteiger partial charge in [0.15, 0.2) is 0 Å². The Bertz CT molecular complexity index is 819. The Labute approximate surface area is 128 Å². The van der Waals surface area contributed by atoms with Gasteiger partial charge in [0.25, 0.3) is 0 Å². The van der Waals surface area contributed by atoms with Crippen LogP contribution >= 0.6 is 0 Å². The van der Waals surface area contributed by atoms with Crippen LogP contribution in [0, 0.1) is 0 Å². The quantitative estimate of drug-likeness (QED) is 0.581. The second-order valence-corrected chi connectivity index (χ2v) is 4.81. The van der Waals surface area contributed by atoms with Crippen molar-refractivity contribution in [3.63, 3.8) is 0 Å². The monoisotopic (exact) mass is 292 g/mol. The third-order valence-electron chi connectivity index (χ3n) is 3.29. The number of esters is 1. The lowest BCUT2D eigenvalue weighted by atomic mass is 10.1. The predicted molar refractivity (Wildman–Crippen MR) is 88.0 cm³/mol. The number of aromatic amines is 1. The molecule has 0 fully saturated rings. The maximum Gasteiger partial charge on any atom is 0.354 e. The smallest absolute Gasteiger partial charge is 0.354 e. The first-order chi connectivity index (χ1) is 10.8. The second-order valence-electron chi connectivity index (χ2n) is 4.81. The Morgan fingerprint density at radius 3 is 2.77 bits per heavy atom. The van der Waals surface area contributed by atoms with Crippen LogP contribution in [-0.4, -0.2) is 23.8 Å². The minimum atomic E-state index is -0.343. The SMILES string of the molecule is CCOC(=O)c1cc2cccc(C=Nc3ccccc3)c2[nH]1. The van der Waals surface area contributed by atoms with Crippen molar-refractivity contribution in [3.8, 4) is 0 Å². The number of ether oxygens (including phenoxy) is 1. The molecule has 0 aliphatic rings. The zero-order chi connectivity index (χ0) is 15.4. The number of nitrogens with zero attached hydrogens (tertiary/aromatic N) is 1. The highest BCUT2D eigenvalue weighted by atomic mass is 16.5. The van der Waals surface area contributed by atoms with Gasteiger partial charge in [0.05, 0.1) is 17.8 Å². The summed E-state index contributed by atoms with van der Waals surface area (Å²) in [6.45, 7) is 2.15. The van der Waals surface area contributed by atoms with Gasteiger partial charge in [-0.15, -0.1) is 0 Å². The van der Waals surface area contributed by atoms with Gasteiger partial charge in [0, 0.05) is 17.2 Å². The molecule has 0 amide bonds. The topological polar surface area (TPSA) is 54.4 Å². The number of para-hydroxylation sites is 2. The van der Waals surface area contributed by atoms with Crippen LogP contribution in [0.5, 0.6) is 0 Å². The number of rotatable bonds is 4. The lowest BCUT2D eigenvalue weighted by Gasteiger charge is -1.98. The molecule has 4 heteroatoms. The number of H-pyrrole nitrogens is 1. The van der Waals surface area contributed by atoms with Crippen LogP contribution < -0.4 is 0 Å². The molecule has 1 heterocycles. The molecule has 0 aliphatic heterocycles. The summed E-state index contributed by atoms with van der Waals surface area (Å²) in [5, 5.41) is 0.958. The van der Waals surface area contributed by atoms with E-state index in [0.29, 0.717) is 12.3 Å². The Morgan fingerprint density at radius 2 is 2.00 bits per heavy atom. The minimum absolute atomic E-state index is 0.343. The van der Waals surface area contributed by atoms with Crippen molar-refractivity contribution in [3.05, 3.63) is 65.9 Å². The summed E-state index contributed by atoms with van der Waals surface area (Å²) in [5.41, 5.74) is 3.15. The van der Waals surface area contributed by atoms with E-state index in [9.17, 15) is 4.79 Å². The summed E-state index contributed by atoms with van der Waals surface area (Å²) in [7, 11) is 0.